The van der Waals surface area contributed by atoms with Crippen LogP contribution in [-0.4, -0.2) is 29.7 Å². The fraction of sp³-hybridized carbons (Fsp3) is 0.500. The predicted molar refractivity (Wildman–Crippen MR) is 75.5 cm³/mol. The molecule has 1 saturated carbocycles. The summed E-state index contributed by atoms with van der Waals surface area (Å²) in [5, 5.41) is 0. The van der Waals surface area contributed by atoms with E-state index in [0.717, 1.165) is 29.0 Å². The molecule has 1 fully saturated rings. The van der Waals surface area contributed by atoms with Crippen LogP contribution in [0.25, 0.3) is 11.0 Å². The van der Waals surface area contributed by atoms with Gasteiger partial charge < -0.3 is 14.0 Å². The number of hydrogen-bond donors (Lipinski definition) is 0. The number of rotatable bonds is 5. The van der Waals surface area contributed by atoms with Gasteiger partial charge in [0, 0.05) is 30.5 Å². The zero-order chi connectivity index (χ0) is 13.4. The van der Waals surface area contributed by atoms with E-state index in [1.165, 1.54) is 12.8 Å². The van der Waals surface area contributed by atoms with Crippen molar-refractivity contribution >= 4 is 22.6 Å². The number of alkyl halides is 1. The fourth-order valence-corrected chi connectivity index (χ4v) is 2.64. The summed E-state index contributed by atoms with van der Waals surface area (Å²) >= 11 is 5.88. The van der Waals surface area contributed by atoms with Crippen LogP contribution in [0.15, 0.2) is 12.1 Å². The Balaban J connectivity index is 2.20. The van der Waals surface area contributed by atoms with E-state index in [0.29, 0.717) is 17.7 Å². The average molecular weight is 281 g/mol. The highest BCUT2D eigenvalue weighted by Crippen LogP contribution is 2.41. The fourth-order valence-electron chi connectivity index (χ4n) is 2.47. The van der Waals surface area contributed by atoms with Gasteiger partial charge in [-0.25, -0.2) is 4.98 Å². The maximum absolute atomic E-state index is 5.88. The minimum absolute atomic E-state index is 0.571. The van der Waals surface area contributed by atoms with Crippen molar-refractivity contribution in [1.29, 1.82) is 0 Å². The second kappa shape index (κ2) is 4.93. The number of imidazole rings is 1. The van der Waals surface area contributed by atoms with Gasteiger partial charge in [0.25, 0.3) is 0 Å². The maximum atomic E-state index is 5.88. The molecule has 1 heterocycles. The number of hydrogen-bond acceptors (Lipinski definition) is 3. The SMILES string of the molecule is COc1cc2nc(CCCl)n(C3CC3)c2cc1OC. The van der Waals surface area contributed by atoms with Crippen LogP contribution in [0.1, 0.15) is 24.7 Å². The highest BCUT2D eigenvalue weighted by Gasteiger charge is 2.28. The molecule has 19 heavy (non-hydrogen) atoms. The molecule has 3 rings (SSSR count). The van der Waals surface area contributed by atoms with Gasteiger partial charge in [0.1, 0.15) is 5.82 Å². The van der Waals surface area contributed by atoms with Gasteiger partial charge in [-0.1, -0.05) is 0 Å². The van der Waals surface area contributed by atoms with Crippen LogP contribution in [0.5, 0.6) is 11.5 Å². The smallest absolute Gasteiger partial charge is 0.163 e. The molecule has 0 saturated heterocycles. The molecule has 0 bridgehead atoms. The van der Waals surface area contributed by atoms with Crippen molar-refractivity contribution in [2.24, 2.45) is 0 Å². The zero-order valence-corrected chi connectivity index (χ0v) is 11.9. The molecule has 2 aromatic rings. The second-order valence-corrected chi connectivity index (χ2v) is 5.14. The van der Waals surface area contributed by atoms with Crippen LogP contribution in [0, 0.1) is 0 Å². The minimum Gasteiger partial charge on any atom is -0.493 e. The third kappa shape index (κ3) is 2.14. The summed E-state index contributed by atoms with van der Waals surface area (Å²) in [6, 6.07) is 4.52. The largest absolute Gasteiger partial charge is 0.493 e. The minimum atomic E-state index is 0.571. The summed E-state index contributed by atoms with van der Waals surface area (Å²) in [4.78, 5) is 4.69. The number of methoxy groups -OCH3 is 2. The Bertz CT molecular complexity index is 605. The number of ether oxygens (including phenoxy) is 2. The quantitative estimate of drug-likeness (QED) is 0.789. The monoisotopic (exact) mass is 280 g/mol. The normalized spacial score (nSPS) is 14.9. The van der Waals surface area contributed by atoms with Crippen molar-refractivity contribution in [2.75, 3.05) is 20.1 Å². The molecule has 0 atom stereocenters. The van der Waals surface area contributed by atoms with Crippen LogP contribution < -0.4 is 9.47 Å². The van der Waals surface area contributed by atoms with Gasteiger partial charge in [0.15, 0.2) is 11.5 Å². The van der Waals surface area contributed by atoms with Gasteiger partial charge in [-0.3, -0.25) is 0 Å². The number of nitrogens with zero attached hydrogens (tertiary/aromatic N) is 2. The summed E-state index contributed by atoms with van der Waals surface area (Å²) in [5.41, 5.74) is 2.06. The molecule has 0 aliphatic heterocycles. The first kappa shape index (κ1) is 12.6. The molecule has 5 heteroatoms. The predicted octanol–water partition coefficient (Wildman–Crippen LogP) is 3.17. The number of fused-ring (bicyclic) bond motifs is 1. The van der Waals surface area contributed by atoms with Crippen molar-refractivity contribution in [3.8, 4) is 11.5 Å². The molecule has 0 unspecified atom stereocenters. The molecular weight excluding hydrogens is 264 g/mol. The lowest BCUT2D eigenvalue weighted by Crippen LogP contribution is -2.02. The van der Waals surface area contributed by atoms with Crippen LogP contribution in [-0.2, 0) is 6.42 Å². The Morgan fingerprint density at radius 3 is 2.53 bits per heavy atom. The van der Waals surface area contributed by atoms with Crippen molar-refractivity contribution < 1.29 is 9.47 Å². The van der Waals surface area contributed by atoms with Crippen molar-refractivity contribution in [3.05, 3.63) is 18.0 Å². The Morgan fingerprint density at radius 1 is 1.26 bits per heavy atom. The summed E-state index contributed by atoms with van der Waals surface area (Å²) < 4.78 is 13.0. The molecule has 0 amide bonds. The molecule has 1 aromatic heterocycles. The van der Waals surface area contributed by atoms with E-state index in [1.807, 2.05) is 12.1 Å². The second-order valence-electron chi connectivity index (χ2n) is 4.76. The number of halogens is 1. The molecule has 0 spiro atoms. The standard InChI is InChI=1S/C14H17ClN2O2/c1-18-12-7-10-11(8-13(12)19-2)17(9-3-4-9)14(16-10)5-6-15/h7-9H,3-6H2,1-2H3. The van der Waals surface area contributed by atoms with E-state index in [2.05, 4.69) is 4.57 Å². The first-order chi connectivity index (χ1) is 9.28. The molecule has 102 valence electrons. The molecule has 0 N–H and O–H groups in total. The first-order valence-corrected chi connectivity index (χ1v) is 7.00. The lowest BCUT2D eigenvalue weighted by Gasteiger charge is -2.09. The van der Waals surface area contributed by atoms with E-state index >= 15 is 0 Å². The Kier molecular flexibility index (Phi) is 3.27. The third-order valence-electron chi connectivity index (χ3n) is 3.50. The molecule has 1 aliphatic carbocycles. The van der Waals surface area contributed by atoms with Gasteiger partial charge in [0.2, 0.25) is 0 Å². The van der Waals surface area contributed by atoms with E-state index in [9.17, 15) is 0 Å². The Hall–Kier alpha value is -1.42. The summed E-state index contributed by atoms with van der Waals surface area (Å²) in [6.45, 7) is 0. The Morgan fingerprint density at radius 2 is 1.95 bits per heavy atom. The summed E-state index contributed by atoms with van der Waals surface area (Å²) in [7, 11) is 3.29. The summed E-state index contributed by atoms with van der Waals surface area (Å²) in [6.07, 6.45) is 3.22. The van der Waals surface area contributed by atoms with Crippen molar-refractivity contribution in [2.45, 2.75) is 25.3 Å². The molecule has 1 aliphatic rings. The third-order valence-corrected chi connectivity index (χ3v) is 3.69. The van der Waals surface area contributed by atoms with Crippen molar-refractivity contribution in [1.82, 2.24) is 9.55 Å². The van der Waals surface area contributed by atoms with Gasteiger partial charge in [-0.05, 0) is 12.8 Å². The lowest BCUT2D eigenvalue weighted by molar-refractivity contribution is 0.355. The molecule has 1 aromatic carbocycles. The highest BCUT2D eigenvalue weighted by atomic mass is 35.5. The number of benzene rings is 1. The van der Waals surface area contributed by atoms with Crippen LogP contribution in [0.4, 0.5) is 0 Å². The van der Waals surface area contributed by atoms with E-state index < -0.39 is 0 Å². The lowest BCUT2D eigenvalue weighted by atomic mass is 10.2. The zero-order valence-electron chi connectivity index (χ0n) is 11.1. The van der Waals surface area contributed by atoms with Gasteiger partial charge in [-0.2, -0.15) is 0 Å². The van der Waals surface area contributed by atoms with Crippen LogP contribution in [0.3, 0.4) is 0 Å². The Labute approximate surface area is 117 Å². The van der Waals surface area contributed by atoms with Gasteiger partial charge in [0.05, 0.1) is 25.3 Å². The number of aromatic nitrogens is 2. The first-order valence-electron chi connectivity index (χ1n) is 6.47. The van der Waals surface area contributed by atoms with Crippen LogP contribution in [0.2, 0.25) is 0 Å². The maximum Gasteiger partial charge on any atom is 0.163 e. The summed E-state index contributed by atoms with van der Waals surface area (Å²) in [5.74, 6) is 3.11. The topological polar surface area (TPSA) is 36.3 Å². The van der Waals surface area contributed by atoms with E-state index in [4.69, 9.17) is 26.1 Å². The van der Waals surface area contributed by atoms with E-state index in [-0.39, 0.29) is 0 Å². The van der Waals surface area contributed by atoms with Gasteiger partial charge in [-0.15, -0.1) is 11.6 Å². The van der Waals surface area contributed by atoms with Gasteiger partial charge >= 0.3 is 0 Å². The molecule has 0 radical (unpaired) electrons. The number of aryl methyl sites for hydroxylation is 1. The van der Waals surface area contributed by atoms with Crippen molar-refractivity contribution in [3.63, 3.8) is 0 Å². The molecular formula is C14H17ClN2O2. The van der Waals surface area contributed by atoms with E-state index in [1.54, 1.807) is 14.2 Å². The molecule has 4 nitrogen and oxygen atoms in total. The van der Waals surface area contributed by atoms with Crippen LogP contribution >= 0.6 is 11.6 Å². The highest BCUT2D eigenvalue weighted by molar-refractivity contribution is 6.17. The average Bonchev–Trinajstić information content (AvgIpc) is 3.19.